The molecule has 9 heteroatoms. The second-order valence-corrected chi connectivity index (χ2v) is 34.5. The van der Waals surface area contributed by atoms with E-state index in [1.54, 1.807) is 0 Å². The molecule has 6 rings (SSSR count). The van der Waals surface area contributed by atoms with Gasteiger partial charge in [-0.15, -0.1) is 12.6 Å². The molecule has 0 spiro atoms. The van der Waals surface area contributed by atoms with Crippen LogP contribution in [0.3, 0.4) is 0 Å². The molecule has 7 nitrogen and oxygen atoms in total. The van der Waals surface area contributed by atoms with Crippen molar-refractivity contribution in [1.29, 1.82) is 0 Å². The molecule has 0 aromatic heterocycles. The Balaban J connectivity index is 1.97. The van der Waals surface area contributed by atoms with E-state index in [9.17, 15) is 25.5 Å². The first-order valence-corrected chi connectivity index (χ1v) is 32.4. The number of thiol groups is 1. The van der Waals surface area contributed by atoms with Gasteiger partial charge in [0.25, 0.3) is 0 Å². The number of aryl methyl sites for hydroxylation is 2. The number of aromatic hydroxyl groups is 5. The predicted molar refractivity (Wildman–Crippen MR) is 377 cm³/mol. The molecule has 0 saturated heterocycles. The molecule has 0 atom stereocenters. The zero-order chi connectivity index (χ0) is 67.2. The zero-order valence-corrected chi connectivity index (χ0v) is 60.8. The summed E-state index contributed by atoms with van der Waals surface area (Å²) in [5.74, 6) is 1.14. The first-order chi connectivity index (χ1) is 39.7. The summed E-state index contributed by atoms with van der Waals surface area (Å²) in [7, 11) is 0. The maximum atomic E-state index is 15.6. The van der Waals surface area contributed by atoms with Crippen LogP contribution in [0.2, 0.25) is 0 Å². The van der Waals surface area contributed by atoms with Crippen LogP contribution in [0, 0.1) is 27.7 Å². The number of phenols is 5. The van der Waals surface area contributed by atoms with Crippen molar-refractivity contribution in [2.75, 3.05) is 0 Å². The van der Waals surface area contributed by atoms with Gasteiger partial charge in [-0.05, 0) is 238 Å². The summed E-state index contributed by atoms with van der Waals surface area (Å²) in [6.45, 7) is 58.4. The Kier molecular flexibility index (Phi) is 19.8. The first kappa shape index (κ1) is 71.3. The van der Waals surface area contributed by atoms with Crippen molar-refractivity contribution < 1.29 is 35.1 Å². The predicted octanol–water partition coefficient (Wildman–Crippen LogP) is 20.2. The number of thiocarbonyl (C=S) groups is 1. The van der Waals surface area contributed by atoms with Crippen LogP contribution in [0.15, 0.2) is 48.5 Å². The number of hydrogen-bond acceptors (Lipinski definition) is 8. The van der Waals surface area contributed by atoms with Gasteiger partial charge in [0, 0.05) is 11.1 Å². The number of benzene rings is 6. The molecule has 0 aliphatic carbocycles. The molecular weight excluding hydrogens is 1120 g/mol. The quantitative estimate of drug-likeness (QED) is 0.0528. The van der Waals surface area contributed by atoms with Crippen molar-refractivity contribution in [2.24, 2.45) is 0 Å². The molecule has 0 amide bonds. The van der Waals surface area contributed by atoms with Crippen LogP contribution in [0.5, 0.6) is 28.7 Å². The van der Waals surface area contributed by atoms with Gasteiger partial charge in [-0.1, -0.05) is 203 Å². The van der Waals surface area contributed by atoms with E-state index < -0.39 is 37.6 Å². The Morgan fingerprint density at radius 2 is 0.580 bits per heavy atom. The maximum Gasteiger partial charge on any atom is 0.216 e. The minimum absolute atomic E-state index is 0.0466. The Bertz CT molecular complexity index is 3610. The third-order valence-corrected chi connectivity index (χ3v) is 18.5. The van der Waals surface area contributed by atoms with E-state index in [0.717, 1.165) is 94.6 Å². The molecule has 0 heterocycles. The molecule has 0 unspecified atom stereocenters. The largest absolute Gasteiger partial charge is 0.507 e. The zero-order valence-electron chi connectivity index (χ0n) is 59.1. The van der Waals surface area contributed by atoms with Crippen molar-refractivity contribution in [1.82, 2.24) is 0 Å². The fourth-order valence-corrected chi connectivity index (χ4v) is 13.3. The molecule has 0 aliphatic rings. The fraction of sp³-hybridized carbons (Fsp3) is 0.519. The summed E-state index contributed by atoms with van der Waals surface area (Å²) in [6, 6.07) is 16.5. The van der Waals surface area contributed by atoms with Crippen molar-refractivity contribution >= 4 is 35.0 Å². The lowest BCUT2D eigenvalue weighted by Crippen LogP contribution is -2.23. The molecule has 5 N–H and O–H groups in total. The van der Waals surface area contributed by atoms with Gasteiger partial charge in [-0.2, -0.15) is 0 Å². The van der Waals surface area contributed by atoms with Gasteiger partial charge in [-0.3, -0.25) is 4.79 Å². The van der Waals surface area contributed by atoms with Gasteiger partial charge < -0.3 is 30.3 Å². The Hall–Kier alpha value is -5.77. The molecule has 0 bridgehead atoms. The topological polar surface area (TPSA) is 127 Å². The van der Waals surface area contributed by atoms with Crippen molar-refractivity contribution in [2.45, 2.75) is 269 Å². The molecule has 0 aliphatic heterocycles. The number of phenolic OH excluding ortho intramolecular Hbond substituents is 5. The molecule has 6 aromatic rings. The van der Waals surface area contributed by atoms with E-state index in [1.165, 1.54) is 0 Å². The minimum Gasteiger partial charge on any atom is -0.507 e. The summed E-state index contributed by atoms with van der Waals surface area (Å²) in [5.41, 5.74) is 14.3. The van der Waals surface area contributed by atoms with Crippen LogP contribution < -0.4 is 0 Å². The normalized spacial score (nSPS) is 13.1. The van der Waals surface area contributed by atoms with E-state index in [2.05, 4.69) is 216 Å². The van der Waals surface area contributed by atoms with E-state index in [0.29, 0.717) is 33.4 Å². The fourth-order valence-electron chi connectivity index (χ4n) is 12.7. The van der Waals surface area contributed by atoms with Crippen LogP contribution in [-0.4, -0.2) is 35.7 Å². The smallest absolute Gasteiger partial charge is 0.216 e. The van der Waals surface area contributed by atoms with E-state index >= 15 is 4.79 Å². The summed E-state index contributed by atoms with van der Waals surface area (Å²) in [6.07, 6.45) is 0.870. The highest BCUT2D eigenvalue weighted by Gasteiger charge is 2.36. The molecule has 88 heavy (non-hydrogen) atoms. The molecule has 478 valence electrons. The van der Waals surface area contributed by atoms with E-state index in [4.69, 9.17) is 29.6 Å². The van der Waals surface area contributed by atoms with Gasteiger partial charge in [0.2, 0.25) is 5.12 Å². The minimum atomic E-state index is -0.480. The lowest BCUT2D eigenvalue weighted by molar-refractivity contribution is 0.108. The number of ether oxygens (including phenoxy) is 1. The van der Waals surface area contributed by atoms with Crippen LogP contribution in [0.25, 0.3) is 0 Å². The molecular formula is C79H108O7S2. The SMILES string of the molecule is Cc1cc(C(C)(C)C)c(O)c(C)c1Cc1c(Cc2c(C)cc(C(C)(C)C)c(O)c2C)c(C(=S)OCc2cc(C(C)(C)C)c(O)c(C(C)(C)C)c2)c(Cc2cc(C(C)(C)C)c(O)c(C(C)(C)C)c2)c(Cc2cc(C(C)(C)C)c(O)c(C(C)(C)C)c2)c1C(=O)S. The average molecular weight is 1230 g/mol. The van der Waals surface area contributed by atoms with Crippen LogP contribution in [0.4, 0.5) is 0 Å². The summed E-state index contributed by atoms with van der Waals surface area (Å²) < 4.78 is 7.23. The van der Waals surface area contributed by atoms with Crippen molar-refractivity contribution in [3.8, 4) is 28.7 Å². The van der Waals surface area contributed by atoms with E-state index in [-0.39, 0.29) is 76.9 Å². The molecule has 6 aromatic carbocycles. The Labute approximate surface area is 541 Å². The van der Waals surface area contributed by atoms with Crippen molar-refractivity contribution in [3.05, 3.63) is 176 Å². The molecule has 0 saturated carbocycles. The Morgan fingerprint density at radius 1 is 0.352 bits per heavy atom. The average Bonchev–Trinajstić information content (AvgIpc) is 0.747. The van der Waals surface area contributed by atoms with Gasteiger partial charge in [0.15, 0.2) is 5.05 Å². The number of hydrogen-bond donors (Lipinski definition) is 6. The molecule has 0 fully saturated rings. The second-order valence-electron chi connectivity index (χ2n) is 33.8. The first-order valence-electron chi connectivity index (χ1n) is 31.5. The highest BCUT2D eigenvalue weighted by Crippen LogP contribution is 2.48. The lowest BCUT2D eigenvalue weighted by Gasteiger charge is -2.31. The summed E-state index contributed by atoms with van der Waals surface area (Å²) >= 11 is 11.9. The standard InChI is InChI=1S/C79H108O7S2/c1-42-29-55(72(5,6)7)65(80)44(3)49(42)39-53-54(40-50-43(2)30-56(73(8,9)10)66(81)45(50)4)64(71(88)86-41-48-37-61(78(23,24)25)69(84)62(38-48)79(26,27)28)52(32-47-35-59(76(17,18)19)68(83)60(36-47)77(20,21)22)51(63(53)70(85)87)31-46-33-57(74(11,12)13)67(82)58(34-46)75(14,15)16/h29-30,33-38,80-84H,31-32,39-41H2,1-28H3,(H,85,87). The lowest BCUT2D eigenvalue weighted by atomic mass is 9.74. The monoisotopic (exact) mass is 1230 g/mol. The van der Waals surface area contributed by atoms with Crippen molar-refractivity contribution in [3.63, 3.8) is 0 Å². The summed E-state index contributed by atoms with van der Waals surface area (Å²) in [5, 5.41) is 60.9. The number of rotatable bonds is 12. The number of carbonyl (C=O) groups is 1. The van der Waals surface area contributed by atoms with Crippen LogP contribution in [-0.2, 0) is 80.3 Å². The Morgan fingerprint density at radius 3 is 0.841 bits per heavy atom. The van der Waals surface area contributed by atoms with Gasteiger partial charge in [0.05, 0.1) is 0 Å². The van der Waals surface area contributed by atoms with Crippen LogP contribution >= 0.6 is 24.8 Å². The van der Waals surface area contributed by atoms with Gasteiger partial charge in [0.1, 0.15) is 35.4 Å². The van der Waals surface area contributed by atoms with Gasteiger partial charge in [-0.25, -0.2) is 0 Å². The molecule has 0 radical (unpaired) electrons. The highest BCUT2D eigenvalue weighted by molar-refractivity contribution is 7.97. The second kappa shape index (κ2) is 24.5. The summed E-state index contributed by atoms with van der Waals surface area (Å²) in [4.78, 5) is 15.6. The van der Waals surface area contributed by atoms with E-state index in [1.807, 2.05) is 26.0 Å². The van der Waals surface area contributed by atoms with Crippen LogP contribution in [0.1, 0.15) is 299 Å². The third-order valence-electron chi connectivity index (χ3n) is 18.0. The number of carbonyl (C=O) groups excluding carboxylic acids is 1. The third kappa shape index (κ3) is 15.0. The highest BCUT2D eigenvalue weighted by atomic mass is 32.1. The van der Waals surface area contributed by atoms with Gasteiger partial charge >= 0.3 is 0 Å². The maximum absolute atomic E-state index is 15.6.